The lowest BCUT2D eigenvalue weighted by atomic mass is 10.0. The number of aromatic carboxylic acids is 1. The van der Waals surface area contributed by atoms with Crippen LogP contribution in [0.25, 0.3) is 0 Å². The first kappa shape index (κ1) is 15.4. The Bertz CT molecular complexity index is 558. The monoisotopic (exact) mass is 294 g/mol. The fourth-order valence-electron chi connectivity index (χ4n) is 2.76. The predicted molar refractivity (Wildman–Crippen MR) is 75.1 cm³/mol. The van der Waals surface area contributed by atoms with Crippen LogP contribution < -0.4 is 0 Å². The molecule has 2 N–H and O–H groups in total. The molecule has 1 fully saturated rings. The second-order valence-corrected chi connectivity index (χ2v) is 5.40. The Hall–Kier alpha value is -1.99. The number of aliphatic hydroxyl groups excluding tert-OH is 1. The van der Waals surface area contributed by atoms with E-state index < -0.39 is 17.0 Å². The third kappa shape index (κ3) is 3.37. The van der Waals surface area contributed by atoms with Gasteiger partial charge in [-0.2, -0.15) is 0 Å². The van der Waals surface area contributed by atoms with Crippen LogP contribution >= 0.6 is 0 Å². The Morgan fingerprint density at radius 3 is 2.81 bits per heavy atom. The van der Waals surface area contributed by atoms with E-state index in [1.165, 1.54) is 12.1 Å². The quantitative estimate of drug-likeness (QED) is 0.630. The molecular formula is C14H18N2O5. The van der Waals surface area contributed by atoms with Crippen molar-refractivity contribution in [3.8, 4) is 0 Å². The van der Waals surface area contributed by atoms with Crippen LogP contribution in [-0.2, 0) is 6.54 Å². The van der Waals surface area contributed by atoms with E-state index in [1.807, 2.05) is 4.90 Å². The summed E-state index contributed by atoms with van der Waals surface area (Å²) in [5.41, 5.74) is -0.197. The summed E-state index contributed by atoms with van der Waals surface area (Å²) in [4.78, 5) is 23.6. The van der Waals surface area contributed by atoms with Gasteiger partial charge in [-0.1, -0.05) is 12.1 Å². The average Bonchev–Trinajstić information content (AvgIpc) is 2.86. The molecule has 1 aromatic rings. The second-order valence-electron chi connectivity index (χ2n) is 5.40. The number of carboxylic acid groups (broad SMARTS) is 1. The van der Waals surface area contributed by atoms with Crippen molar-refractivity contribution in [2.75, 3.05) is 13.1 Å². The Balaban J connectivity index is 2.23. The van der Waals surface area contributed by atoms with Crippen LogP contribution in [0.5, 0.6) is 0 Å². The van der Waals surface area contributed by atoms with Gasteiger partial charge < -0.3 is 10.2 Å². The molecule has 2 atom stereocenters. The molecule has 21 heavy (non-hydrogen) atoms. The minimum absolute atomic E-state index is 0.164. The zero-order valence-electron chi connectivity index (χ0n) is 11.7. The van der Waals surface area contributed by atoms with Gasteiger partial charge in [0, 0.05) is 19.2 Å². The molecule has 114 valence electrons. The highest BCUT2D eigenvalue weighted by atomic mass is 16.6. The lowest BCUT2D eigenvalue weighted by Crippen LogP contribution is -2.25. The van der Waals surface area contributed by atoms with Gasteiger partial charge in [0.05, 0.1) is 11.0 Å². The first-order chi connectivity index (χ1) is 9.90. The van der Waals surface area contributed by atoms with Crippen LogP contribution in [0.15, 0.2) is 18.2 Å². The molecule has 0 bridgehead atoms. The summed E-state index contributed by atoms with van der Waals surface area (Å²) in [6.45, 7) is 3.49. The summed E-state index contributed by atoms with van der Waals surface area (Å²) in [7, 11) is 0. The molecule has 0 aromatic heterocycles. The molecule has 2 unspecified atom stereocenters. The van der Waals surface area contributed by atoms with E-state index in [0.29, 0.717) is 18.7 Å². The molecule has 7 nitrogen and oxygen atoms in total. The number of likely N-dealkylation sites (tertiary alicyclic amines) is 1. The van der Waals surface area contributed by atoms with Crippen LogP contribution in [0.4, 0.5) is 5.69 Å². The van der Waals surface area contributed by atoms with E-state index >= 15 is 0 Å². The smallest absolute Gasteiger partial charge is 0.343 e. The van der Waals surface area contributed by atoms with E-state index in [4.69, 9.17) is 0 Å². The van der Waals surface area contributed by atoms with Gasteiger partial charge >= 0.3 is 5.97 Å². The van der Waals surface area contributed by atoms with Crippen LogP contribution in [0, 0.1) is 16.0 Å². The van der Waals surface area contributed by atoms with Crippen LogP contribution in [-0.4, -0.2) is 45.2 Å². The van der Waals surface area contributed by atoms with E-state index in [-0.39, 0.29) is 17.2 Å². The maximum atomic E-state index is 11.3. The van der Waals surface area contributed by atoms with E-state index in [2.05, 4.69) is 0 Å². The summed E-state index contributed by atoms with van der Waals surface area (Å²) in [6.07, 6.45) is 0.439. The molecule has 0 saturated carbocycles. The predicted octanol–water partition coefficient (Wildman–Crippen LogP) is 1.50. The van der Waals surface area contributed by atoms with Crippen molar-refractivity contribution in [1.82, 2.24) is 4.90 Å². The molecule has 1 aliphatic rings. The largest absolute Gasteiger partial charge is 0.477 e. The summed E-state index contributed by atoms with van der Waals surface area (Å²) < 4.78 is 0. The molecular weight excluding hydrogens is 276 g/mol. The van der Waals surface area contributed by atoms with Crippen molar-refractivity contribution in [2.24, 2.45) is 5.92 Å². The van der Waals surface area contributed by atoms with Gasteiger partial charge in [-0.25, -0.2) is 4.79 Å². The lowest BCUT2D eigenvalue weighted by molar-refractivity contribution is -0.385. The van der Waals surface area contributed by atoms with Crippen molar-refractivity contribution < 1.29 is 19.9 Å². The topological polar surface area (TPSA) is 104 Å². The number of nitro benzene ring substituents is 1. The maximum absolute atomic E-state index is 11.3. The van der Waals surface area contributed by atoms with Crippen molar-refractivity contribution >= 4 is 11.7 Å². The molecule has 0 radical (unpaired) electrons. The Labute approximate surface area is 122 Å². The van der Waals surface area contributed by atoms with Gasteiger partial charge in [0.2, 0.25) is 0 Å². The number of nitro groups is 1. The fraction of sp³-hybridized carbons (Fsp3) is 0.500. The van der Waals surface area contributed by atoms with Crippen molar-refractivity contribution in [3.05, 3.63) is 39.4 Å². The second kappa shape index (κ2) is 6.19. The van der Waals surface area contributed by atoms with Gasteiger partial charge in [0.25, 0.3) is 5.69 Å². The minimum atomic E-state index is -1.29. The zero-order valence-corrected chi connectivity index (χ0v) is 11.7. The van der Waals surface area contributed by atoms with Crippen molar-refractivity contribution in [2.45, 2.75) is 26.0 Å². The highest BCUT2D eigenvalue weighted by molar-refractivity contribution is 5.94. The standard InChI is InChI=1S/C14H18N2O5/c1-9(17)10-5-6-15(7-10)8-11-3-2-4-12(16(20)21)13(11)14(18)19/h2-4,9-10,17H,5-8H2,1H3,(H,18,19). The fourth-order valence-corrected chi connectivity index (χ4v) is 2.76. The first-order valence-corrected chi connectivity index (χ1v) is 6.80. The molecule has 7 heteroatoms. The van der Waals surface area contributed by atoms with Gasteiger partial charge in [-0.3, -0.25) is 15.0 Å². The summed E-state index contributed by atoms with van der Waals surface area (Å²) in [5.74, 6) is -1.12. The Kier molecular flexibility index (Phi) is 4.54. The number of hydrogen-bond donors (Lipinski definition) is 2. The normalized spacial score (nSPS) is 20.4. The number of carbonyl (C=O) groups is 1. The van der Waals surface area contributed by atoms with Crippen LogP contribution in [0.1, 0.15) is 29.3 Å². The van der Waals surface area contributed by atoms with Gasteiger partial charge in [0.15, 0.2) is 0 Å². The maximum Gasteiger partial charge on any atom is 0.343 e. The highest BCUT2D eigenvalue weighted by Crippen LogP contribution is 2.26. The number of benzene rings is 1. The molecule has 2 rings (SSSR count). The molecule has 1 aromatic carbocycles. The summed E-state index contributed by atoms with van der Waals surface area (Å²) in [5, 5.41) is 29.8. The molecule has 0 amide bonds. The van der Waals surface area contributed by atoms with E-state index in [1.54, 1.807) is 13.0 Å². The molecule has 1 heterocycles. The Morgan fingerprint density at radius 1 is 1.57 bits per heavy atom. The van der Waals surface area contributed by atoms with Gasteiger partial charge in [-0.05, 0) is 31.4 Å². The van der Waals surface area contributed by atoms with E-state index in [0.717, 1.165) is 13.0 Å². The van der Waals surface area contributed by atoms with Crippen molar-refractivity contribution in [1.29, 1.82) is 0 Å². The lowest BCUT2D eigenvalue weighted by Gasteiger charge is -2.18. The SMILES string of the molecule is CC(O)C1CCN(Cc2cccc([N+](=O)[O-])c2C(=O)O)C1. The number of aliphatic hydroxyl groups is 1. The average molecular weight is 294 g/mol. The number of rotatable bonds is 5. The van der Waals surface area contributed by atoms with Crippen molar-refractivity contribution in [3.63, 3.8) is 0 Å². The summed E-state index contributed by atoms with van der Waals surface area (Å²) in [6, 6.07) is 4.31. The van der Waals surface area contributed by atoms with Gasteiger partial charge in [-0.15, -0.1) is 0 Å². The van der Waals surface area contributed by atoms with Crippen LogP contribution in [0.3, 0.4) is 0 Å². The summed E-state index contributed by atoms with van der Waals surface area (Å²) >= 11 is 0. The third-order valence-electron chi connectivity index (χ3n) is 3.92. The van der Waals surface area contributed by atoms with Gasteiger partial charge in [0.1, 0.15) is 5.56 Å². The molecule has 1 saturated heterocycles. The van der Waals surface area contributed by atoms with Crippen LogP contribution in [0.2, 0.25) is 0 Å². The zero-order chi connectivity index (χ0) is 15.6. The molecule has 0 spiro atoms. The highest BCUT2D eigenvalue weighted by Gasteiger charge is 2.29. The Morgan fingerprint density at radius 2 is 2.29 bits per heavy atom. The third-order valence-corrected chi connectivity index (χ3v) is 3.92. The molecule has 1 aliphatic heterocycles. The number of carboxylic acids is 1. The van der Waals surface area contributed by atoms with E-state index in [9.17, 15) is 25.1 Å². The molecule has 0 aliphatic carbocycles. The number of hydrogen-bond acceptors (Lipinski definition) is 5. The number of nitrogens with zero attached hydrogens (tertiary/aromatic N) is 2. The minimum Gasteiger partial charge on any atom is -0.477 e. The first-order valence-electron chi connectivity index (χ1n) is 6.80.